The van der Waals surface area contributed by atoms with Crippen molar-refractivity contribution in [1.82, 2.24) is 0 Å². The van der Waals surface area contributed by atoms with Crippen LogP contribution in [0.2, 0.25) is 0 Å². The lowest BCUT2D eigenvalue weighted by atomic mass is 9.94. The number of aryl methyl sites for hydroxylation is 1. The molecule has 0 radical (unpaired) electrons. The molecular formula is C20H20O3. The maximum atomic E-state index is 11.6. The Hall–Kier alpha value is -2.29. The Balaban J connectivity index is 1.61. The molecule has 2 aliphatic carbocycles. The average Bonchev–Trinajstić information content (AvgIpc) is 3.01. The summed E-state index contributed by atoms with van der Waals surface area (Å²) in [6, 6.07) is 12.3. The Morgan fingerprint density at radius 2 is 1.91 bits per heavy atom. The van der Waals surface area contributed by atoms with Gasteiger partial charge in [0.05, 0.1) is 0 Å². The van der Waals surface area contributed by atoms with Crippen LogP contribution in [0.3, 0.4) is 0 Å². The number of carbonyl (C=O) groups is 1. The number of ether oxygens (including phenoxy) is 1. The molecule has 2 aliphatic rings. The second-order valence-electron chi connectivity index (χ2n) is 6.28. The molecule has 0 N–H and O–H groups in total. The predicted molar refractivity (Wildman–Crippen MR) is 87.8 cm³/mol. The average molecular weight is 308 g/mol. The van der Waals surface area contributed by atoms with Crippen molar-refractivity contribution < 1.29 is 13.9 Å². The number of hydrogen-bond acceptors (Lipinski definition) is 3. The molecule has 2 aromatic rings. The first-order valence-electron chi connectivity index (χ1n) is 8.38. The van der Waals surface area contributed by atoms with Gasteiger partial charge in [0.2, 0.25) is 0 Å². The van der Waals surface area contributed by atoms with Crippen LogP contribution in [0.25, 0.3) is 11.3 Å². The Bertz CT molecular complexity index is 740. The molecule has 1 unspecified atom stereocenters. The Morgan fingerprint density at radius 1 is 1.04 bits per heavy atom. The summed E-state index contributed by atoms with van der Waals surface area (Å²) in [6.07, 6.45) is 7.08. The van der Waals surface area contributed by atoms with E-state index in [1.54, 1.807) is 6.08 Å². The first kappa shape index (κ1) is 14.3. The molecule has 23 heavy (non-hydrogen) atoms. The third kappa shape index (κ3) is 2.96. The molecule has 0 aliphatic heterocycles. The fraction of sp³-hybridized carbons (Fsp3) is 0.350. The van der Waals surface area contributed by atoms with E-state index in [-0.39, 0.29) is 11.9 Å². The number of furan rings is 1. The van der Waals surface area contributed by atoms with Gasteiger partial charge in [0, 0.05) is 36.5 Å². The van der Waals surface area contributed by atoms with Gasteiger partial charge in [0.25, 0.3) is 0 Å². The number of carbonyl (C=O) groups excluding carboxylic acids is 1. The quantitative estimate of drug-likeness (QED) is 0.803. The molecule has 1 aromatic heterocycles. The van der Waals surface area contributed by atoms with Crippen LogP contribution in [0.1, 0.15) is 49.5 Å². The fourth-order valence-electron chi connectivity index (χ4n) is 3.42. The minimum absolute atomic E-state index is 0.0112. The summed E-state index contributed by atoms with van der Waals surface area (Å²) in [6.45, 7) is 0. The molecule has 4 rings (SSSR count). The van der Waals surface area contributed by atoms with Crippen LogP contribution < -0.4 is 0 Å². The molecule has 0 saturated heterocycles. The Labute approximate surface area is 136 Å². The van der Waals surface area contributed by atoms with Crippen molar-refractivity contribution in [2.75, 3.05) is 0 Å². The van der Waals surface area contributed by atoms with E-state index >= 15 is 0 Å². The van der Waals surface area contributed by atoms with Crippen molar-refractivity contribution >= 4 is 5.78 Å². The van der Waals surface area contributed by atoms with Gasteiger partial charge < -0.3 is 9.15 Å². The Kier molecular flexibility index (Phi) is 3.78. The molecule has 3 heteroatoms. The summed E-state index contributed by atoms with van der Waals surface area (Å²) in [5.74, 6) is 2.95. The molecule has 0 bridgehead atoms. The highest BCUT2D eigenvalue weighted by Crippen LogP contribution is 2.39. The van der Waals surface area contributed by atoms with E-state index in [9.17, 15) is 4.79 Å². The van der Waals surface area contributed by atoms with Crippen LogP contribution in [0.15, 0.2) is 52.7 Å². The van der Waals surface area contributed by atoms with Crippen molar-refractivity contribution in [3.63, 3.8) is 0 Å². The second-order valence-corrected chi connectivity index (χ2v) is 6.28. The monoisotopic (exact) mass is 308 g/mol. The predicted octanol–water partition coefficient (Wildman–Crippen LogP) is 4.98. The van der Waals surface area contributed by atoms with Gasteiger partial charge in [0.15, 0.2) is 5.78 Å². The maximum Gasteiger partial charge on any atom is 0.159 e. The lowest BCUT2D eigenvalue weighted by Crippen LogP contribution is -2.13. The van der Waals surface area contributed by atoms with Crippen LogP contribution in [-0.2, 0) is 16.0 Å². The standard InChI is InChI=1S/C20H20O3/c21-15-8-4-9-16(12-15)22-18-10-5-11-19-17(18)13-20(23-19)14-6-2-1-3-7-14/h1-3,6-7,12-13,18H,4-5,8-11H2. The molecule has 3 nitrogen and oxygen atoms in total. The van der Waals surface area contributed by atoms with E-state index in [0.717, 1.165) is 60.5 Å². The van der Waals surface area contributed by atoms with Gasteiger partial charge in [-0.05, 0) is 25.3 Å². The van der Waals surface area contributed by atoms with Crippen molar-refractivity contribution in [2.45, 2.75) is 44.6 Å². The summed E-state index contributed by atoms with van der Waals surface area (Å²) < 4.78 is 12.2. The van der Waals surface area contributed by atoms with E-state index < -0.39 is 0 Å². The molecule has 1 atom stereocenters. The summed E-state index contributed by atoms with van der Waals surface area (Å²) in [4.78, 5) is 11.6. The fourth-order valence-corrected chi connectivity index (χ4v) is 3.42. The van der Waals surface area contributed by atoms with E-state index in [1.165, 1.54) is 0 Å². The van der Waals surface area contributed by atoms with Gasteiger partial charge in [0.1, 0.15) is 23.4 Å². The molecule has 0 fully saturated rings. The first-order chi connectivity index (χ1) is 11.3. The molecule has 0 saturated carbocycles. The lowest BCUT2D eigenvalue weighted by molar-refractivity contribution is -0.115. The van der Waals surface area contributed by atoms with Gasteiger partial charge in [-0.3, -0.25) is 4.79 Å². The van der Waals surface area contributed by atoms with E-state index in [0.29, 0.717) is 6.42 Å². The van der Waals surface area contributed by atoms with Gasteiger partial charge in [-0.25, -0.2) is 0 Å². The molecule has 1 aromatic carbocycles. The summed E-state index contributed by atoms with van der Waals surface area (Å²) in [5.41, 5.74) is 2.24. The Morgan fingerprint density at radius 3 is 2.74 bits per heavy atom. The highest BCUT2D eigenvalue weighted by Gasteiger charge is 2.27. The lowest BCUT2D eigenvalue weighted by Gasteiger charge is -2.25. The van der Waals surface area contributed by atoms with Crippen molar-refractivity contribution in [2.24, 2.45) is 0 Å². The molecule has 0 amide bonds. The normalized spacial score (nSPS) is 20.8. The van der Waals surface area contributed by atoms with Crippen LogP contribution in [-0.4, -0.2) is 5.78 Å². The summed E-state index contributed by atoms with van der Waals surface area (Å²) in [7, 11) is 0. The number of allylic oxidation sites excluding steroid dienone is 2. The molecule has 0 spiro atoms. The van der Waals surface area contributed by atoms with Crippen molar-refractivity contribution in [1.29, 1.82) is 0 Å². The minimum Gasteiger partial charge on any atom is -0.490 e. The van der Waals surface area contributed by atoms with Gasteiger partial charge in [-0.2, -0.15) is 0 Å². The molecule has 1 heterocycles. The number of ketones is 1. The second kappa shape index (κ2) is 6.07. The SMILES string of the molecule is O=C1C=C(OC2CCCc3oc(-c4ccccc4)cc32)CCC1. The number of benzene rings is 1. The molecular weight excluding hydrogens is 288 g/mol. The highest BCUT2D eigenvalue weighted by atomic mass is 16.5. The minimum atomic E-state index is 0.0112. The van der Waals surface area contributed by atoms with Gasteiger partial charge in [-0.15, -0.1) is 0 Å². The van der Waals surface area contributed by atoms with Gasteiger partial charge >= 0.3 is 0 Å². The highest BCUT2D eigenvalue weighted by molar-refractivity contribution is 5.90. The number of fused-ring (bicyclic) bond motifs is 1. The van der Waals surface area contributed by atoms with Crippen molar-refractivity contribution in [3.8, 4) is 11.3 Å². The third-order valence-electron chi connectivity index (χ3n) is 4.58. The summed E-state index contributed by atoms with van der Waals surface area (Å²) >= 11 is 0. The van der Waals surface area contributed by atoms with Gasteiger partial charge in [-0.1, -0.05) is 30.3 Å². The van der Waals surface area contributed by atoms with Crippen LogP contribution in [0.4, 0.5) is 0 Å². The van der Waals surface area contributed by atoms with Crippen molar-refractivity contribution in [3.05, 3.63) is 59.6 Å². The smallest absolute Gasteiger partial charge is 0.159 e. The zero-order valence-corrected chi connectivity index (χ0v) is 13.1. The van der Waals surface area contributed by atoms with Crippen LogP contribution in [0.5, 0.6) is 0 Å². The van der Waals surface area contributed by atoms with Crippen LogP contribution >= 0.6 is 0 Å². The first-order valence-corrected chi connectivity index (χ1v) is 8.38. The number of hydrogen-bond donors (Lipinski definition) is 0. The zero-order chi connectivity index (χ0) is 15.6. The van der Waals surface area contributed by atoms with E-state index in [2.05, 4.69) is 18.2 Å². The largest absolute Gasteiger partial charge is 0.490 e. The van der Waals surface area contributed by atoms with Crippen LogP contribution in [0, 0.1) is 0 Å². The topological polar surface area (TPSA) is 39.4 Å². The third-order valence-corrected chi connectivity index (χ3v) is 4.58. The molecule has 118 valence electrons. The van der Waals surface area contributed by atoms with E-state index in [1.807, 2.05) is 18.2 Å². The number of rotatable bonds is 3. The summed E-state index contributed by atoms with van der Waals surface area (Å²) in [5, 5.41) is 0. The zero-order valence-electron chi connectivity index (χ0n) is 13.1. The van der Waals surface area contributed by atoms with E-state index in [4.69, 9.17) is 9.15 Å². The maximum absolute atomic E-state index is 11.6.